The second-order valence-corrected chi connectivity index (χ2v) is 7.13. The van der Waals surface area contributed by atoms with E-state index >= 15 is 0 Å². The Balaban J connectivity index is 1.41. The molecular weight excluding hydrogens is 288 g/mol. The highest BCUT2D eigenvalue weighted by molar-refractivity contribution is 5.19. The van der Waals surface area contributed by atoms with Gasteiger partial charge in [0.05, 0.1) is 12.7 Å². The highest BCUT2D eigenvalue weighted by Crippen LogP contribution is 2.33. The number of fused-ring (bicyclic) bond motifs is 1. The van der Waals surface area contributed by atoms with Crippen molar-refractivity contribution in [3.05, 3.63) is 41.1 Å². The normalized spacial score (nSPS) is 25.3. The average Bonchev–Trinajstić information content (AvgIpc) is 3.23. The highest BCUT2D eigenvalue weighted by Gasteiger charge is 2.42. The van der Waals surface area contributed by atoms with Gasteiger partial charge in [-0.3, -0.25) is 14.5 Å². The van der Waals surface area contributed by atoms with Crippen LogP contribution in [0, 0.1) is 13.8 Å². The van der Waals surface area contributed by atoms with Crippen LogP contribution < -0.4 is 0 Å². The Morgan fingerprint density at radius 3 is 2.39 bits per heavy atom. The van der Waals surface area contributed by atoms with E-state index in [0.717, 1.165) is 24.6 Å². The quantitative estimate of drug-likeness (QED) is 0.869. The van der Waals surface area contributed by atoms with Gasteiger partial charge in [0.1, 0.15) is 11.5 Å². The third-order valence-electron chi connectivity index (χ3n) is 5.53. The fourth-order valence-corrected chi connectivity index (χ4v) is 4.27. The van der Waals surface area contributed by atoms with Crippen LogP contribution in [0.2, 0.25) is 0 Å². The molecule has 2 aliphatic heterocycles. The van der Waals surface area contributed by atoms with Crippen LogP contribution in [0.15, 0.2) is 22.9 Å². The molecule has 2 aliphatic rings. The molecule has 2 atom stereocenters. The molecule has 0 N–H and O–H groups in total. The van der Waals surface area contributed by atoms with E-state index in [0.29, 0.717) is 12.1 Å². The largest absolute Gasteiger partial charge is 0.465 e. The number of aryl methyl sites for hydroxylation is 3. The molecule has 5 nitrogen and oxygen atoms in total. The molecule has 0 aromatic carbocycles. The fourth-order valence-electron chi connectivity index (χ4n) is 4.27. The van der Waals surface area contributed by atoms with Crippen LogP contribution in [0.25, 0.3) is 0 Å². The zero-order valence-electron chi connectivity index (χ0n) is 14.3. The topological polar surface area (TPSA) is 37.4 Å². The summed E-state index contributed by atoms with van der Waals surface area (Å²) in [6, 6.07) is 3.56. The molecule has 2 saturated heterocycles. The van der Waals surface area contributed by atoms with E-state index in [1.54, 1.807) is 0 Å². The van der Waals surface area contributed by atoms with Crippen LogP contribution in [0.1, 0.15) is 35.5 Å². The Labute approximate surface area is 137 Å². The number of furan rings is 1. The van der Waals surface area contributed by atoms with Crippen molar-refractivity contribution in [2.45, 2.75) is 51.9 Å². The first-order chi connectivity index (χ1) is 11.1. The summed E-state index contributed by atoms with van der Waals surface area (Å²) in [5, 5.41) is 4.29. The standard InChI is InChI=1S/C18H26N4O/c1-13-8-16(23-14(13)2)12-22-7-5-17-18(22)4-6-21(17)11-15-9-19-20(3)10-15/h8-10,17-18H,4-7,11-12H2,1-3H3/t17-,18+/m0/s1. The molecule has 0 bridgehead atoms. The van der Waals surface area contributed by atoms with Gasteiger partial charge in [-0.25, -0.2) is 0 Å². The van der Waals surface area contributed by atoms with Gasteiger partial charge in [-0.15, -0.1) is 0 Å². The van der Waals surface area contributed by atoms with Gasteiger partial charge in [-0.2, -0.15) is 5.10 Å². The van der Waals surface area contributed by atoms with E-state index in [-0.39, 0.29) is 0 Å². The van der Waals surface area contributed by atoms with Crippen molar-refractivity contribution in [1.29, 1.82) is 0 Å². The molecule has 0 radical (unpaired) electrons. The fraction of sp³-hybridized carbons (Fsp3) is 0.611. The maximum Gasteiger partial charge on any atom is 0.118 e. The number of hydrogen-bond acceptors (Lipinski definition) is 4. The third kappa shape index (κ3) is 2.83. The summed E-state index contributed by atoms with van der Waals surface area (Å²) in [4.78, 5) is 5.26. The molecule has 5 heteroatoms. The second-order valence-electron chi connectivity index (χ2n) is 7.13. The summed E-state index contributed by atoms with van der Waals surface area (Å²) in [6.07, 6.45) is 6.66. The molecule has 4 rings (SSSR count). The van der Waals surface area contributed by atoms with Crippen LogP contribution >= 0.6 is 0 Å². The Hall–Kier alpha value is -1.59. The van der Waals surface area contributed by atoms with Crippen molar-refractivity contribution in [3.63, 3.8) is 0 Å². The van der Waals surface area contributed by atoms with Gasteiger partial charge in [-0.1, -0.05) is 0 Å². The first-order valence-corrected chi connectivity index (χ1v) is 8.61. The van der Waals surface area contributed by atoms with Crippen LogP contribution in [0.5, 0.6) is 0 Å². The van der Waals surface area contributed by atoms with Gasteiger partial charge in [0, 0.05) is 50.5 Å². The monoisotopic (exact) mass is 314 g/mol. The number of rotatable bonds is 4. The minimum atomic E-state index is 0.678. The SMILES string of the molecule is Cc1cc(CN2CC[C@H]3[C@H]2CCN3Cc2cnn(C)c2)oc1C. The molecule has 4 heterocycles. The Morgan fingerprint density at radius 1 is 1.13 bits per heavy atom. The molecule has 2 aromatic rings. The second kappa shape index (κ2) is 5.80. The smallest absolute Gasteiger partial charge is 0.118 e. The summed E-state index contributed by atoms with van der Waals surface area (Å²) in [7, 11) is 1.99. The van der Waals surface area contributed by atoms with Gasteiger partial charge in [0.2, 0.25) is 0 Å². The minimum absolute atomic E-state index is 0.678. The lowest BCUT2D eigenvalue weighted by Crippen LogP contribution is -2.35. The summed E-state index contributed by atoms with van der Waals surface area (Å²) < 4.78 is 7.78. The summed E-state index contributed by atoms with van der Waals surface area (Å²) in [5.41, 5.74) is 2.59. The highest BCUT2D eigenvalue weighted by atomic mass is 16.3. The summed E-state index contributed by atoms with van der Waals surface area (Å²) >= 11 is 0. The van der Waals surface area contributed by atoms with Crippen LogP contribution in [0.4, 0.5) is 0 Å². The molecule has 124 valence electrons. The van der Waals surface area contributed by atoms with E-state index < -0.39 is 0 Å². The summed E-state index contributed by atoms with van der Waals surface area (Å²) in [5.74, 6) is 2.17. The first-order valence-electron chi connectivity index (χ1n) is 8.61. The van der Waals surface area contributed by atoms with E-state index in [9.17, 15) is 0 Å². The van der Waals surface area contributed by atoms with Crippen molar-refractivity contribution in [1.82, 2.24) is 19.6 Å². The first kappa shape index (κ1) is 15.0. The molecule has 2 fully saturated rings. The molecule has 0 aliphatic carbocycles. The molecule has 0 saturated carbocycles. The van der Waals surface area contributed by atoms with Gasteiger partial charge >= 0.3 is 0 Å². The van der Waals surface area contributed by atoms with Gasteiger partial charge in [0.25, 0.3) is 0 Å². The van der Waals surface area contributed by atoms with E-state index in [4.69, 9.17) is 4.42 Å². The minimum Gasteiger partial charge on any atom is -0.465 e. The number of hydrogen-bond donors (Lipinski definition) is 0. The molecule has 2 aromatic heterocycles. The third-order valence-corrected chi connectivity index (χ3v) is 5.53. The van der Waals surface area contributed by atoms with Gasteiger partial charge in [-0.05, 0) is 38.3 Å². The lowest BCUT2D eigenvalue weighted by Gasteiger charge is -2.24. The number of nitrogens with zero attached hydrogens (tertiary/aromatic N) is 4. The van der Waals surface area contributed by atoms with E-state index in [1.807, 2.05) is 17.9 Å². The lowest BCUT2D eigenvalue weighted by atomic mass is 10.1. The van der Waals surface area contributed by atoms with E-state index in [2.05, 4.69) is 41.0 Å². The van der Waals surface area contributed by atoms with Crippen LogP contribution in [0.3, 0.4) is 0 Å². The van der Waals surface area contributed by atoms with Gasteiger partial charge < -0.3 is 4.42 Å². The van der Waals surface area contributed by atoms with Crippen molar-refractivity contribution >= 4 is 0 Å². The predicted octanol–water partition coefficient (Wildman–Crippen LogP) is 2.48. The lowest BCUT2D eigenvalue weighted by molar-refractivity contribution is 0.202. The summed E-state index contributed by atoms with van der Waals surface area (Å²) in [6.45, 7) is 8.53. The zero-order chi connectivity index (χ0) is 16.0. The average molecular weight is 314 g/mol. The molecule has 23 heavy (non-hydrogen) atoms. The Bertz CT molecular complexity index is 670. The maximum absolute atomic E-state index is 5.88. The maximum atomic E-state index is 5.88. The number of likely N-dealkylation sites (tertiary alicyclic amines) is 2. The van der Waals surface area contributed by atoms with Crippen molar-refractivity contribution in [2.75, 3.05) is 13.1 Å². The zero-order valence-corrected chi connectivity index (χ0v) is 14.3. The Morgan fingerprint density at radius 2 is 1.83 bits per heavy atom. The molecule has 0 spiro atoms. The van der Waals surface area contributed by atoms with Crippen molar-refractivity contribution in [3.8, 4) is 0 Å². The number of aromatic nitrogens is 2. The van der Waals surface area contributed by atoms with Crippen molar-refractivity contribution in [2.24, 2.45) is 7.05 Å². The van der Waals surface area contributed by atoms with Crippen molar-refractivity contribution < 1.29 is 4.42 Å². The Kier molecular flexibility index (Phi) is 3.77. The molecular formula is C18H26N4O. The predicted molar refractivity (Wildman–Crippen MR) is 89.0 cm³/mol. The van der Waals surface area contributed by atoms with Crippen LogP contribution in [-0.4, -0.2) is 44.8 Å². The van der Waals surface area contributed by atoms with E-state index in [1.165, 1.54) is 37.1 Å². The van der Waals surface area contributed by atoms with Crippen LogP contribution in [-0.2, 0) is 20.1 Å². The molecule has 0 unspecified atom stereocenters. The molecule has 0 amide bonds. The van der Waals surface area contributed by atoms with Gasteiger partial charge in [0.15, 0.2) is 0 Å².